The molecule has 0 aliphatic rings. The number of nitrogens with zero attached hydrogens (tertiary/aromatic N) is 2. The Labute approximate surface area is 108 Å². The Kier molecular flexibility index (Phi) is 5.71. The summed E-state index contributed by atoms with van der Waals surface area (Å²) in [5.41, 5.74) is -0.220. The van der Waals surface area contributed by atoms with E-state index >= 15 is 0 Å². The van der Waals surface area contributed by atoms with Crippen LogP contribution >= 0.6 is 0 Å². The van der Waals surface area contributed by atoms with Gasteiger partial charge in [-0.2, -0.15) is 4.98 Å². The van der Waals surface area contributed by atoms with Gasteiger partial charge in [0.05, 0.1) is 18.3 Å². The van der Waals surface area contributed by atoms with Crippen LogP contribution in [0, 0.1) is 6.92 Å². The second-order valence-corrected chi connectivity index (χ2v) is 5.27. The van der Waals surface area contributed by atoms with Crippen molar-refractivity contribution in [1.82, 2.24) is 15.5 Å². The van der Waals surface area contributed by atoms with Crippen LogP contribution in [-0.2, 0) is 11.2 Å². The number of aliphatic hydroxyl groups is 1. The maximum atomic E-state index is 9.67. The SMILES string of the molecule is Cc1noc(CCNCC(O)COC(C)(C)C)n1. The Bertz CT molecular complexity index is 347. The van der Waals surface area contributed by atoms with Gasteiger partial charge in [-0.25, -0.2) is 0 Å². The zero-order valence-electron chi connectivity index (χ0n) is 11.6. The Morgan fingerprint density at radius 3 is 2.72 bits per heavy atom. The largest absolute Gasteiger partial charge is 0.389 e. The minimum Gasteiger partial charge on any atom is -0.389 e. The van der Waals surface area contributed by atoms with Gasteiger partial charge in [-0.15, -0.1) is 0 Å². The Hall–Kier alpha value is -0.980. The summed E-state index contributed by atoms with van der Waals surface area (Å²) >= 11 is 0. The molecule has 1 unspecified atom stereocenters. The highest BCUT2D eigenvalue weighted by Crippen LogP contribution is 2.06. The molecule has 0 saturated carbocycles. The molecule has 0 spiro atoms. The molecule has 0 saturated heterocycles. The van der Waals surface area contributed by atoms with Gasteiger partial charge in [-0.3, -0.25) is 0 Å². The number of hydrogen-bond donors (Lipinski definition) is 2. The number of rotatable bonds is 7. The minimum atomic E-state index is -0.506. The van der Waals surface area contributed by atoms with Gasteiger partial charge >= 0.3 is 0 Å². The van der Waals surface area contributed by atoms with E-state index < -0.39 is 6.10 Å². The molecule has 0 radical (unpaired) electrons. The fraction of sp³-hybridized carbons (Fsp3) is 0.833. The van der Waals surface area contributed by atoms with Gasteiger partial charge in [-0.1, -0.05) is 5.16 Å². The molecule has 6 heteroatoms. The van der Waals surface area contributed by atoms with E-state index in [1.807, 2.05) is 20.8 Å². The van der Waals surface area contributed by atoms with Gasteiger partial charge in [0.15, 0.2) is 5.82 Å². The molecule has 0 fully saturated rings. The van der Waals surface area contributed by atoms with Gasteiger partial charge in [0, 0.05) is 19.5 Å². The summed E-state index contributed by atoms with van der Waals surface area (Å²) in [5, 5.41) is 16.5. The first-order valence-corrected chi connectivity index (χ1v) is 6.19. The van der Waals surface area contributed by atoms with Crippen LogP contribution in [-0.4, -0.2) is 46.6 Å². The molecule has 18 heavy (non-hydrogen) atoms. The quantitative estimate of drug-likeness (QED) is 0.699. The maximum absolute atomic E-state index is 9.67. The third kappa shape index (κ3) is 6.68. The van der Waals surface area contributed by atoms with E-state index in [1.165, 1.54) is 0 Å². The van der Waals surface area contributed by atoms with Crippen LogP contribution in [0.4, 0.5) is 0 Å². The molecule has 6 nitrogen and oxygen atoms in total. The predicted molar refractivity (Wildman–Crippen MR) is 67.3 cm³/mol. The maximum Gasteiger partial charge on any atom is 0.227 e. The van der Waals surface area contributed by atoms with Crippen molar-refractivity contribution >= 4 is 0 Å². The average molecular weight is 257 g/mol. The molecule has 1 aromatic rings. The second-order valence-electron chi connectivity index (χ2n) is 5.27. The monoisotopic (exact) mass is 257 g/mol. The summed E-state index contributed by atoms with van der Waals surface area (Å²) in [7, 11) is 0. The van der Waals surface area contributed by atoms with Crippen LogP contribution in [0.3, 0.4) is 0 Å². The van der Waals surface area contributed by atoms with Crippen LogP contribution < -0.4 is 5.32 Å². The number of hydrogen-bond acceptors (Lipinski definition) is 6. The highest BCUT2D eigenvalue weighted by atomic mass is 16.5. The van der Waals surface area contributed by atoms with Crippen molar-refractivity contribution in [3.05, 3.63) is 11.7 Å². The Morgan fingerprint density at radius 1 is 1.44 bits per heavy atom. The van der Waals surface area contributed by atoms with E-state index in [-0.39, 0.29) is 5.60 Å². The minimum absolute atomic E-state index is 0.220. The molecule has 2 N–H and O–H groups in total. The van der Waals surface area contributed by atoms with Crippen LogP contribution in [0.1, 0.15) is 32.5 Å². The number of aromatic nitrogens is 2. The molecule has 0 bridgehead atoms. The summed E-state index contributed by atoms with van der Waals surface area (Å²) in [6.07, 6.45) is 0.155. The highest BCUT2D eigenvalue weighted by molar-refractivity contribution is 4.83. The highest BCUT2D eigenvalue weighted by Gasteiger charge is 2.13. The predicted octanol–water partition coefficient (Wildman–Crippen LogP) is 0.686. The third-order valence-corrected chi connectivity index (χ3v) is 2.17. The van der Waals surface area contributed by atoms with Crippen LogP contribution in [0.15, 0.2) is 4.52 Å². The lowest BCUT2D eigenvalue weighted by Crippen LogP contribution is -2.34. The molecule has 0 aromatic carbocycles. The third-order valence-electron chi connectivity index (χ3n) is 2.17. The summed E-state index contributed by atoms with van der Waals surface area (Å²) < 4.78 is 10.5. The van der Waals surface area contributed by atoms with Crippen molar-refractivity contribution < 1.29 is 14.4 Å². The molecule has 0 aliphatic heterocycles. The van der Waals surface area contributed by atoms with E-state index in [4.69, 9.17) is 9.26 Å². The van der Waals surface area contributed by atoms with Gasteiger partial charge < -0.3 is 19.7 Å². The standard InChI is InChI=1S/C12H23N3O3/c1-9-14-11(18-15-9)5-6-13-7-10(16)8-17-12(2,3)4/h10,13,16H,5-8H2,1-4H3. The van der Waals surface area contributed by atoms with Crippen LogP contribution in [0.25, 0.3) is 0 Å². The normalized spacial score (nSPS) is 13.8. The molecule has 1 heterocycles. The molecule has 0 amide bonds. The molecular weight excluding hydrogens is 234 g/mol. The number of nitrogens with one attached hydrogen (secondary N) is 1. The van der Waals surface area contributed by atoms with Crippen molar-refractivity contribution in [3.8, 4) is 0 Å². The average Bonchev–Trinajstić information content (AvgIpc) is 2.67. The van der Waals surface area contributed by atoms with E-state index in [9.17, 15) is 5.11 Å². The Morgan fingerprint density at radius 2 is 2.17 bits per heavy atom. The fourth-order valence-electron chi connectivity index (χ4n) is 1.31. The van der Waals surface area contributed by atoms with Crippen LogP contribution in [0.2, 0.25) is 0 Å². The number of aliphatic hydroxyl groups excluding tert-OH is 1. The van der Waals surface area contributed by atoms with E-state index in [2.05, 4.69) is 15.5 Å². The van der Waals surface area contributed by atoms with Crippen molar-refractivity contribution in [2.75, 3.05) is 19.7 Å². The van der Waals surface area contributed by atoms with E-state index in [1.54, 1.807) is 6.92 Å². The molecular formula is C12H23N3O3. The lowest BCUT2D eigenvalue weighted by Gasteiger charge is -2.22. The van der Waals surface area contributed by atoms with Gasteiger partial charge in [0.1, 0.15) is 0 Å². The zero-order valence-corrected chi connectivity index (χ0v) is 11.6. The summed E-state index contributed by atoms with van der Waals surface area (Å²) in [5.74, 6) is 1.25. The van der Waals surface area contributed by atoms with Crippen molar-refractivity contribution in [1.29, 1.82) is 0 Å². The van der Waals surface area contributed by atoms with Gasteiger partial charge in [0.2, 0.25) is 5.89 Å². The molecule has 1 atom stereocenters. The molecule has 0 aliphatic carbocycles. The second kappa shape index (κ2) is 6.82. The molecule has 1 aromatic heterocycles. The first-order valence-electron chi connectivity index (χ1n) is 6.19. The first-order chi connectivity index (χ1) is 8.37. The first kappa shape index (κ1) is 15.1. The smallest absolute Gasteiger partial charge is 0.227 e. The lowest BCUT2D eigenvalue weighted by atomic mass is 10.2. The van der Waals surface area contributed by atoms with Crippen molar-refractivity contribution in [3.63, 3.8) is 0 Å². The number of aryl methyl sites for hydroxylation is 1. The van der Waals surface area contributed by atoms with E-state index in [0.29, 0.717) is 37.8 Å². The van der Waals surface area contributed by atoms with Gasteiger partial charge in [0.25, 0.3) is 0 Å². The topological polar surface area (TPSA) is 80.4 Å². The summed E-state index contributed by atoms with van der Waals surface area (Å²) in [4.78, 5) is 4.09. The van der Waals surface area contributed by atoms with Gasteiger partial charge in [-0.05, 0) is 27.7 Å². The van der Waals surface area contributed by atoms with Crippen LogP contribution in [0.5, 0.6) is 0 Å². The van der Waals surface area contributed by atoms with Crippen molar-refractivity contribution in [2.45, 2.75) is 45.8 Å². The number of ether oxygens (including phenoxy) is 1. The summed E-state index contributed by atoms with van der Waals surface area (Å²) in [6, 6.07) is 0. The molecule has 104 valence electrons. The van der Waals surface area contributed by atoms with Crippen molar-refractivity contribution in [2.24, 2.45) is 0 Å². The Balaban J connectivity index is 2.07. The summed E-state index contributed by atoms with van der Waals surface area (Å²) in [6.45, 7) is 9.18. The fourth-order valence-corrected chi connectivity index (χ4v) is 1.31. The zero-order chi connectivity index (χ0) is 13.6. The van der Waals surface area contributed by atoms with E-state index in [0.717, 1.165) is 0 Å². The lowest BCUT2D eigenvalue weighted by molar-refractivity contribution is -0.0478. The molecule has 1 rings (SSSR count).